The molecule has 0 aromatic heterocycles. The van der Waals surface area contributed by atoms with E-state index in [2.05, 4.69) is 5.32 Å². The fourth-order valence-corrected chi connectivity index (χ4v) is 4.34. The van der Waals surface area contributed by atoms with Crippen LogP contribution in [-0.2, 0) is 9.84 Å². The lowest BCUT2D eigenvalue weighted by molar-refractivity contribution is 0.579. The predicted molar refractivity (Wildman–Crippen MR) is 76.3 cm³/mol. The maximum absolute atomic E-state index is 13.3. The Morgan fingerprint density at radius 2 is 1.84 bits per heavy atom. The normalized spacial score (nSPS) is 23.6. The van der Waals surface area contributed by atoms with Crippen LogP contribution in [-0.4, -0.2) is 26.0 Å². The quantitative estimate of drug-likeness (QED) is 0.865. The van der Waals surface area contributed by atoms with Gasteiger partial charge in [-0.05, 0) is 31.4 Å². The van der Waals surface area contributed by atoms with E-state index in [-0.39, 0.29) is 16.1 Å². The molecule has 2 unspecified atom stereocenters. The summed E-state index contributed by atoms with van der Waals surface area (Å²) >= 11 is 11.4. The minimum atomic E-state index is -3.10. The lowest BCUT2D eigenvalue weighted by Crippen LogP contribution is -2.34. The first-order chi connectivity index (χ1) is 8.79. The van der Waals surface area contributed by atoms with Crippen LogP contribution in [0.2, 0.25) is 10.0 Å². The molecule has 1 aromatic rings. The van der Waals surface area contributed by atoms with Crippen LogP contribution >= 0.6 is 23.2 Å². The molecule has 1 aliphatic carbocycles. The minimum Gasteiger partial charge on any atom is -0.381 e. The van der Waals surface area contributed by atoms with Gasteiger partial charge in [-0.2, -0.15) is 0 Å². The van der Waals surface area contributed by atoms with E-state index in [1.165, 1.54) is 18.4 Å². The molecule has 0 heterocycles. The number of nitrogens with one attached hydrogen (secondary N) is 1. The first-order valence-electron chi connectivity index (χ1n) is 5.89. The van der Waals surface area contributed by atoms with Gasteiger partial charge in [0.2, 0.25) is 0 Å². The third kappa shape index (κ3) is 3.33. The van der Waals surface area contributed by atoms with E-state index in [4.69, 9.17) is 23.2 Å². The van der Waals surface area contributed by atoms with E-state index in [1.807, 2.05) is 0 Å². The van der Waals surface area contributed by atoms with E-state index in [1.54, 1.807) is 0 Å². The highest BCUT2D eigenvalue weighted by Crippen LogP contribution is 2.31. The summed E-state index contributed by atoms with van der Waals surface area (Å²) in [7, 11) is -3.10. The smallest absolute Gasteiger partial charge is 0.160 e. The largest absolute Gasteiger partial charge is 0.381 e. The van der Waals surface area contributed by atoms with Crippen molar-refractivity contribution in [1.29, 1.82) is 0 Å². The van der Waals surface area contributed by atoms with Crippen LogP contribution in [0.25, 0.3) is 0 Å². The summed E-state index contributed by atoms with van der Waals surface area (Å²) in [6, 6.07) is 2.65. The number of anilines is 1. The molecule has 106 valence electrons. The second kappa shape index (κ2) is 5.46. The molecular formula is C12H14Cl2FNO2S. The number of hydrogen-bond donors (Lipinski definition) is 1. The van der Waals surface area contributed by atoms with E-state index in [9.17, 15) is 12.8 Å². The van der Waals surface area contributed by atoms with Gasteiger partial charge in [0, 0.05) is 18.0 Å². The van der Waals surface area contributed by atoms with E-state index >= 15 is 0 Å². The van der Waals surface area contributed by atoms with Gasteiger partial charge in [-0.1, -0.05) is 23.2 Å². The highest BCUT2D eigenvalue weighted by Gasteiger charge is 2.34. The maximum atomic E-state index is 13.3. The number of benzene rings is 1. The number of rotatable bonds is 3. The van der Waals surface area contributed by atoms with Gasteiger partial charge in [-0.3, -0.25) is 0 Å². The predicted octanol–water partition coefficient (Wildman–Crippen LogP) is 3.51. The van der Waals surface area contributed by atoms with E-state index < -0.39 is 20.9 Å². The fraction of sp³-hybridized carbons (Fsp3) is 0.500. The molecule has 0 amide bonds. The van der Waals surface area contributed by atoms with Gasteiger partial charge >= 0.3 is 0 Å². The van der Waals surface area contributed by atoms with Crippen molar-refractivity contribution in [3.63, 3.8) is 0 Å². The van der Waals surface area contributed by atoms with E-state index in [0.717, 1.165) is 12.8 Å². The van der Waals surface area contributed by atoms with Crippen LogP contribution in [0, 0.1) is 5.82 Å². The Bertz CT molecular complexity index is 568. The summed E-state index contributed by atoms with van der Waals surface area (Å²) in [4.78, 5) is 0. The standard InChI is InChI=1S/C12H14Cl2FNO2S/c1-19(17,18)11-4-2-3-10(11)16-7-5-8(13)12(15)9(14)6-7/h5-6,10-11,16H,2-4H2,1H3. The molecule has 2 rings (SSSR count). The average Bonchev–Trinajstić information content (AvgIpc) is 2.73. The maximum Gasteiger partial charge on any atom is 0.160 e. The summed E-state index contributed by atoms with van der Waals surface area (Å²) in [5.74, 6) is -0.667. The molecule has 7 heteroatoms. The molecular weight excluding hydrogens is 312 g/mol. The number of sulfone groups is 1. The second-order valence-electron chi connectivity index (χ2n) is 4.80. The van der Waals surface area contributed by atoms with Gasteiger partial charge in [0.05, 0.1) is 15.3 Å². The molecule has 1 aliphatic rings. The minimum absolute atomic E-state index is 0.0797. The zero-order valence-electron chi connectivity index (χ0n) is 10.3. The molecule has 0 bridgehead atoms. The zero-order chi connectivity index (χ0) is 14.2. The summed E-state index contributed by atoms with van der Waals surface area (Å²) < 4.78 is 36.6. The molecule has 1 saturated carbocycles. The molecule has 1 N–H and O–H groups in total. The van der Waals surface area contributed by atoms with Crippen LogP contribution in [0.1, 0.15) is 19.3 Å². The van der Waals surface area contributed by atoms with Crippen molar-refractivity contribution in [2.75, 3.05) is 11.6 Å². The van der Waals surface area contributed by atoms with Gasteiger partial charge in [-0.15, -0.1) is 0 Å². The number of halogens is 3. The van der Waals surface area contributed by atoms with Crippen molar-refractivity contribution < 1.29 is 12.8 Å². The molecule has 3 nitrogen and oxygen atoms in total. The molecule has 0 aliphatic heterocycles. The van der Waals surface area contributed by atoms with Gasteiger partial charge in [0.1, 0.15) is 0 Å². The average molecular weight is 326 g/mol. The van der Waals surface area contributed by atoms with Crippen molar-refractivity contribution >= 4 is 38.7 Å². The van der Waals surface area contributed by atoms with Crippen molar-refractivity contribution in [1.82, 2.24) is 0 Å². The van der Waals surface area contributed by atoms with E-state index in [0.29, 0.717) is 12.1 Å². The first-order valence-corrected chi connectivity index (χ1v) is 8.60. The Morgan fingerprint density at radius 1 is 1.26 bits per heavy atom. The Balaban J connectivity index is 2.22. The van der Waals surface area contributed by atoms with Crippen LogP contribution < -0.4 is 5.32 Å². The molecule has 1 aromatic carbocycles. The molecule has 0 saturated heterocycles. The molecule has 2 atom stereocenters. The summed E-state index contributed by atoms with van der Waals surface area (Å²) in [5.41, 5.74) is 0.539. The topological polar surface area (TPSA) is 46.2 Å². The van der Waals surface area contributed by atoms with Crippen LogP contribution in [0.5, 0.6) is 0 Å². The second-order valence-corrected chi connectivity index (χ2v) is 7.88. The SMILES string of the molecule is CS(=O)(=O)C1CCCC1Nc1cc(Cl)c(F)c(Cl)c1. The van der Waals surface area contributed by atoms with Crippen LogP contribution in [0.4, 0.5) is 10.1 Å². The lowest BCUT2D eigenvalue weighted by Gasteiger charge is -2.21. The molecule has 19 heavy (non-hydrogen) atoms. The first kappa shape index (κ1) is 14.9. The van der Waals surface area contributed by atoms with Gasteiger partial charge in [-0.25, -0.2) is 12.8 Å². The lowest BCUT2D eigenvalue weighted by atomic mass is 10.2. The van der Waals surface area contributed by atoms with Gasteiger partial charge < -0.3 is 5.32 Å². The summed E-state index contributed by atoms with van der Waals surface area (Å²) in [6.45, 7) is 0. The summed E-state index contributed by atoms with van der Waals surface area (Å²) in [5, 5.41) is 2.51. The van der Waals surface area contributed by atoms with Crippen LogP contribution in [0.15, 0.2) is 12.1 Å². The Hall–Kier alpha value is -0.520. The van der Waals surface area contributed by atoms with Crippen molar-refractivity contribution in [3.05, 3.63) is 28.0 Å². The number of hydrogen-bond acceptors (Lipinski definition) is 3. The molecule has 0 radical (unpaired) electrons. The Morgan fingerprint density at radius 3 is 2.37 bits per heavy atom. The van der Waals surface area contributed by atoms with Crippen LogP contribution in [0.3, 0.4) is 0 Å². The Kier molecular flexibility index (Phi) is 4.28. The van der Waals surface area contributed by atoms with Gasteiger partial charge in [0.15, 0.2) is 15.7 Å². The molecule has 0 spiro atoms. The summed E-state index contributed by atoms with van der Waals surface area (Å²) in [6.07, 6.45) is 3.48. The fourth-order valence-electron chi connectivity index (χ4n) is 2.46. The highest BCUT2D eigenvalue weighted by atomic mass is 35.5. The Labute approximate surface area is 122 Å². The van der Waals surface area contributed by atoms with Crippen molar-refractivity contribution in [2.45, 2.75) is 30.6 Å². The monoisotopic (exact) mass is 325 g/mol. The molecule has 1 fully saturated rings. The zero-order valence-corrected chi connectivity index (χ0v) is 12.6. The highest BCUT2D eigenvalue weighted by molar-refractivity contribution is 7.91. The third-order valence-electron chi connectivity index (χ3n) is 3.34. The third-order valence-corrected chi connectivity index (χ3v) is 5.55. The van der Waals surface area contributed by atoms with Crippen molar-refractivity contribution in [3.8, 4) is 0 Å². The van der Waals surface area contributed by atoms with Crippen molar-refractivity contribution in [2.24, 2.45) is 0 Å². The van der Waals surface area contributed by atoms with Gasteiger partial charge in [0.25, 0.3) is 0 Å².